The first kappa shape index (κ1) is 14.8. The number of hydrogen-bond donors (Lipinski definition) is 1. The summed E-state index contributed by atoms with van der Waals surface area (Å²) in [6.45, 7) is 5.27. The first-order valence-electron chi connectivity index (χ1n) is 6.88. The molecule has 1 heterocycles. The average Bonchev–Trinajstić information content (AvgIpc) is 2.86. The summed E-state index contributed by atoms with van der Waals surface area (Å²) in [7, 11) is 2.02. The van der Waals surface area contributed by atoms with Crippen LogP contribution in [0.1, 0.15) is 24.0 Å². The summed E-state index contributed by atoms with van der Waals surface area (Å²) in [5.74, 6) is 1.70. The Morgan fingerprint density at radius 3 is 2.45 bits per heavy atom. The van der Waals surface area contributed by atoms with E-state index in [9.17, 15) is 4.39 Å². The van der Waals surface area contributed by atoms with E-state index in [-0.39, 0.29) is 5.82 Å². The molecule has 4 heteroatoms. The Bertz CT molecular complexity index is 522. The van der Waals surface area contributed by atoms with Crippen LogP contribution in [-0.4, -0.2) is 18.5 Å². The van der Waals surface area contributed by atoms with E-state index in [0.29, 0.717) is 0 Å². The second kappa shape index (κ2) is 7.22. The van der Waals surface area contributed by atoms with Crippen LogP contribution in [0.5, 0.6) is 0 Å². The molecular formula is C16H21FN2O. The SMILES string of the molecule is CCNCc1ccc(CN(C)Cc2ccc(F)cc2)o1. The van der Waals surface area contributed by atoms with Gasteiger partial charge in [-0.15, -0.1) is 0 Å². The van der Waals surface area contributed by atoms with Gasteiger partial charge in [-0.05, 0) is 43.4 Å². The maximum absolute atomic E-state index is 12.8. The van der Waals surface area contributed by atoms with Gasteiger partial charge in [0.2, 0.25) is 0 Å². The summed E-state index contributed by atoms with van der Waals surface area (Å²) in [5, 5.41) is 3.23. The van der Waals surface area contributed by atoms with Gasteiger partial charge in [0.05, 0.1) is 13.1 Å². The minimum atomic E-state index is -0.199. The fourth-order valence-electron chi connectivity index (χ4n) is 2.07. The van der Waals surface area contributed by atoms with Gasteiger partial charge >= 0.3 is 0 Å². The summed E-state index contributed by atoms with van der Waals surface area (Å²) >= 11 is 0. The Labute approximate surface area is 119 Å². The van der Waals surface area contributed by atoms with Crippen molar-refractivity contribution in [3.05, 3.63) is 59.3 Å². The monoisotopic (exact) mass is 276 g/mol. The van der Waals surface area contributed by atoms with Crippen LogP contribution in [0.25, 0.3) is 0 Å². The van der Waals surface area contributed by atoms with E-state index >= 15 is 0 Å². The number of halogens is 1. The molecule has 3 nitrogen and oxygen atoms in total. The lowest BCUT2D eigenvalue weighted by Crippen LogP contribution is -2.16. The fraction of sp³-hybridized carbons (Fsp3) is 0.375. The van der Waals surface area contributed by atoms with E-state index in [4.69, 9.17) is 4.42 Å². The maximum Gasteiger partial charge on any atom is 0.123 e. The van der Waals surface area contributed by atoms with Gasteiger partial charge < -0.3 is 9.73 Å². The number of nitrogens with zero attached hydrogens (tertiary/aromatic N) is 1. The zero-order valence-electron chi connectivity index (χ0n) is 12.0. The first-order valence-corrected chi connectivity index (χ1v) is 6.88. The van der Waals surface area contributed by atoms with Crippen molar-refractivity contribution >= 4 is 0 Å². The minimum Gasteiger partial charge on any atom is -0.463 e. The molecule has 0 amide bonds. The molecule has 0 unspecified atom stereocenters. The lowest BCUT2D eigenvalue weighted by Gasteiger charge is -2.15. The van der Waals surface area contributed by atoms with Crippen LogP contribution in [0.2, 0.25) is 0 Å². The predicted octanol–water partition coefficient (Wildman–Crippen LogP) is 3.16. The standard InChI is InChI=1S/C16H21FN2O/c1-3-18-10-15-8-9-16(20-15)12-19(2)11-13-4-6-14(17)7-5-13/h4-9,18H,3,10-12H2,1-2H3. The summed E-state index contributed by atoms with van der Waals surface area (Å²) in [4.78, 5) is 2.14. The molecule has 0 spiro atoms. The Kier molecular flexibility index (Phi) is 5.32. The van der Waals surface area contributed by atoms with Gasteiger partial charge in [-0.3, -0.25) is 4.90 Å². The summed E-state index contributed by atoms with van der Waals surface area (Å²) < 4.78 is 18.6. The van der Waals surface area contributed by atoms with E-state index in [1.54, 1.807) is 0 Å². The highest BCUT2D eigenvalue weighted by atomic mass is 19.1. The van der Waals surface area contributed by atoms with Crippen molar-refractivity contribution in [2.75, 3.05) is 13.6 Å². The van der Waals surface area contributed by atoms with Crippen molar-refractivity contribution in [3.63, 3.8) is 0 Å². The molecule has 0 fully saturated rings. The van der Waals surface area contributed by atoms with Crippen molar-refractivity contribution in [3.8, 4) is 0 Å². The van der Waals surface area contributed by atoms with Gasteiger partial charge in [0.15, 0.2) is 0 Å². The normalized spacial score (nSPS) is 11.2. The molecule has 20 heavy (non-hydrogen) atoms. The van der Waals surface area contributed by atoms with Gasteiger partial charge in [0.1, 0.15) is 17.3 Å². The van der Waals surface area contributed by atoms with Crippen LogP contribution in [0.4, 0.5) is 4.39 Å². The van der Waals surface area contributed by atoms with Crippen molar-refractivity contribution in [2.24, 2.45) is 0 Å². The topological polar surface area (TPSA) is 28.4 Å². The van der Waals surface area contributed by atoms with Gasteiger partial charge in [-0.1, -0.05) is 19.1 Å². The lowest BCUT2D eigenvalue weighted by molar-refractivity contribution is 0.282. The minimum absolute atomic E-state index is 0.199. The van der Waals surface area contributed by atoms with Crippen molar-refractivity contribution < 1.29 is 8.81 Å². The zero-order valence-corrected chi connectivity index (χ0v) is 12.0. The zero-order chi connectivity index (χ0) is 14.4. The third-order valence-corrected chi connectivity index (χ3v) is 3.06. The highest BCUT2D eigenvalue weighted by Gasteiger charge is 2.06. The second-order valence-electron chi connectivity index (χ2n) is 4.95. The molecule has 0 bridgehead atoms. The Morgan fingerprint density at radius 2 is 1.75 bits per heavy atom. The molecule has 0 aliphatic rings. The van der Waals surface area contributed by atoms with E-state index < -0.39 is 0 Å². The molecule has 0 radical (unpaired) electrons. The van der Waals surface area contributed by atoms with E-state index in [1.807, 2.05) is 31.3 Å². The molecule has 0 saturated carbocycles. The molecule has 0 atom stereocenters. The number of hydrogen-bond acceptors (Lipinski definition) is 3. The Hall–Kier alpha value is -1.65. The van der Waals surface area contributed by atoms with E-state index in [0.717, 1.165) is 43.3 Å². The summed E-state index contributed by atoms with van der Waals surface area (Å²) in [5.41, 5.74) is 1.09. The fourth-order valence-corrected chi connectivity index (χ4v) is 2.07. The average molecular weight is 276 g/mol. The molecule has 0 aliphatic heterocycles. The molecule has 2 aromatic rings. The first-order chi connectivity index (χ1) is 9.67. The van der Waals surface area contributed by atoms with Crippen LogP contribution in [0.15, 0.2) is 40.8 Å². The summed E-state index contributed by atoms with van der Waals surface area (Å²) in [6.07, 6.45) is 0. The smallest absolute Gasteiger partial charge is 0.123 e. The number of nitrogens with one attached hydrogen (secondary N) is 1. The van der Waals surface area contributed by atoms with Gasteiger partial charge in [-0.25, -0.2) is 4.39 Å². The molecule has 1 aromatic heterocycles. The van der Waals surface area contributed by atoms with E-state index in [1.165, 1.54) is 12.1 Å². The quantitative estimate of drug-likeness (QED) is 0.842. The van der Waals surface area contributed by atoms with Gasteiger partial charge in [0, 0.05) is 6.54 Å². The van der Waals surface area contributed by atoms with Crippen LogP contribution in [0, 0.1) is 5.82 Å². The van der Waals surface area contributed by atoms with E-state index in [2.05, 4.69) is 17.1 Å². The van der Waals surface area contributed by atoms with Gasteiger partial charge in [0.25, 0.3) is 0 Å². The third-order valence-electron chi connectivity index (χ3n) is 3.06. The van der Waals surface area contributed by atoms with Crippen LogP contribution in [-0.2, 0) is 19.6 Å². The highest BCUT2D eigenvalue weighted by molar-refractivity contribution is 5.16. The molecule has 108 valence electrons. The van der Waals surface area contributed by atoms with Gasteiger partial charge in [-0.2, -0.15) is 0 Å². The predicted molar refractivity (Wildman–Crippen MR) is 77.7 cm³/mol. The van der Waals surface area contributed by atoms with Crippen LogP contribution in [0.3, 0.4) is 0 Å². The van der Waals surface area contributed by atoms with Crippen molar-refractivity contribution in [2.45, 2.75) is 26.6 Å². The molecular weight excluding hydrogens is 255 g/mol. The third kappa shape index (κ3) is 4.47. The molecule has 1 aromatic carbocycles. The van der Waals surface area contributed by atoms with Crippen molar-refractivity contribution in [1.29, 1.82) is 0 Å². The molecule has 0 aliphatic carbocycles. The Morgan fingerprint density at radius 1 is 1.05 bits per heavy atom. The highest BCUT2D eigenvalue weighted by Crippen LogP contribution is 2.12. The van der Waals surface area contributed by atoms with Crippen LogP contribution < -0.4 is 5.32 Å². The second-order valence-corrected chi connectivity index (χ2v) is 4.95. The lowest BCUT2D eigenvalue weighted by atomic mass is 10.2. The largest absolute Gasteiger partial charge is 0.463 e. The Balaban J connectivity index is 1.86. The maximum atomic E-state index is 12.8. The molecule has 1 N–H and O–H groups in total. The van der Waals surface area contributed by atoms with Crippen molar-refractivity contribution in [1.82, 2.24) is 10.2 Å². The number of rotatable bonds is 7. The molecule has 2 rings (SSSR count). The summed E-state index contributed by atoms with van der Waals surface area (Å²) in [6, 6.07) is 10.6. The number of furan rings is 1. The van der Waals surface area contributed by atoms with Crippen LogP contribution >= 0.6 is 0 Å². The number of benzene rings is 1. The molecule has 0 saturated heterocycles.